The van der Waals surface area contributed by atoms with E-state index in [1.807, 2.05) is 18.2 Å². The van der Waals surface area contributed by atoms with E-state index in [0.717, 1.165) is 5.39 Å². The van der Waals surface area contributed by atoms with Gasteiger partial charge in [0, 0.05) is 18.5 Å². The lowest BCUT2D eigenvalue weighted by molar-refractivity contribution is -0.130. The molecule has 21 heavy (non-hydrogen) atoms. The first-order valence-electron chi connectivity index (χ1n) is 6.76. The Kier molecular flexibility index (Phi) is 3.44. The van der Waals surface area contributed by atoms with E-state index in [1.165, 1.54) is 4.90 Å². The Morgan fingerprint density at radius 1 is 1.43 bits per heavy atom. The number of carbonyl (C=O) groups is 1. The van der Waals surface area contributed by atoms with E-state index in [4.69, 9.17) is 4.52 Å². The molecule has 112 valence electrons. The van der Waals surface area contributed by atoms with Crippen LogP contribution in [-0.4, -0.2) is 49.0 Å². The Balaban J connectivity index is 1.74. The first-order chi connectivity index (χ1) is 9.96. The lowest BCUT2D eigenvalue weighted by atomic mass is 10.1. The van der Waals surface area contributed by atoms with Gasteiger partial charge in [-0.25, -0.2) is 8.42 Å². The highest BCUT2D eigenvalue weighted by molar-refractivity contribution is 7.91. The summed E-state index contributed by atoms with van der Waals surface area (Å²) in [6.45, 7) is 0. The molecule has 3 rings (SSSR count). The van der Waals surface area contributed by atoms with E-state index in [2.05, 4.69) is 5.16 Å². The second-order valence-electron chi connectivity index (χ2n) is 5.36. The predicted octanol–water partition coefficient (Wildman–Crippen LogP) is 1.02. The number of likely N-dealkylation sites (N-methyl/N-ethyl adjacent to an activating group) is 1. The van der Waals surface area contributed by atoms with Gasteiger partial charge in [-0.1, -0.05) is 17.3 Å². The third kappa shape index (κ3) is 2.78. The molecule has 0 unspecified atom stereocenters. The summed E-state index contributed by atoms with van der Waals surface area (Å²) >= 11 is 0. The van der Waals surface area contributed by atoms with Crippen molar-refractivity contribution < 1.29 is 17.7 Å². The number of aromatic nitrogens is 1. The minimum Gasteiger partial charge on any atom is -0.356 e. The average Bonchev–Trinajstić information content (AvgIpc) is 3.02. The van der Waals surface area contributed by atoms with Crippen molar-refractivity contribution in [3.63, 3.8) is 0 Å². The standard InChI is InChI=1S/C14H16N2O4S/c1-16(10-6-7-21(18,19)9-10)14(17)8-12-11-4-2-3-5-13(11)20-15-12/h2-5,10H,6-9H2,1H3/t10-/m0/s1. The largest absolute Gasteiger partial charge is 0.356 e. The zero-order valence-electron chi connectivity index (χ0n) is 11.7. The lowest BCUT2D eigenvalue weighted by Crippen LogP contribution is -2.38. The van der Waals surface area contributed by atoms with Gasteiger partial charge in [-0.2, -0.15) is 0 Å². The van der Waals surface area contributed by atoms with E-state index in [0.29, 0.717) is 17.7 Å². The van der Waals surface area contributed by atoms with Crippen LogP contribution in [-0.2, 0) is 21.1 Å². The summed E-state index contributed by atoms with van der Waals surface area (Å²) in [6, 6.07) is 7.12. The number of benzene rings is 1. The van der Waals surface area contributed by atoms with Crippen molar-refractivity contribution in [2.75, 3.05) is 18.6 Å². The minimum atomic E-state index is -3.00. The molecule has 2 heterocycles. The number of sulfone groups is 1. The third-order valence-electron chi connectivity index (χ3n) is 3.92. The Labute approximate surface area is 122 Å². The molecular weight excluding hydrogens is 292 g/mol. The van der Waals surface area contributed by atoms with E-state index < -0.39 is 9.84 Å². The summed E-state index contributed by atoms with van der Waals surface area (Å²) in [5.41, 5.74) is 1.23. The molecule has 1 saturated heterocycles. The molecule has 1 aliphatic rings. The van der Waals surface area contributed by atoms with Crippen molar-refractivity contribution in [1.29, 1.82) is 0 Å². The van der Waals surface area contributed by atoms with Crippen LogP contribution in [0.2, 0.25) is 0 Å². The Morgan fingerprint density at radius 3 is 2.90 bits per heavy atom. The summed E-state index contributed by atoms with van der Waals surface area (Å²) in [5, 5.41) is 4.75. The number of fused-ring (bicyclic) bond motifs is 1. The second-order valence-corrected chi connectivity index (χ2v) is 7.59. The maximum atomic E-state index is 12.3. The quantitative estimate of drug-likeness (QED) is 0.845. The third-order valence-corrected chi connectivity index (χ3v) is 5.67. The fourth-order valence-electron chi connectivity index (χ4n) is 2.62. The molecule has 2 aromatic rings. The molecule has 1 aliphatic heterocycles. The summed E-state index contributed by atoms with van der Waals surface area (Å²) in [6.07, 6.45) is 0.619. The zero-order chi connectivity index (χ0) is 15.0. The highest BCUT2D eigenvalue weighted by Crippen LogP contribution is 2.21. The van der Waals surface area contributed by atoms with Gasteiger partial charge in [0.25, 0.3) is 0 Å². The van der Waals surface area contributed by atoms with Crippen LogP contribution in [0.1, 0.15) is 12.1 Å². The van der Waals surface area contributed by atoms with Crippen LogP contribution in [0, 0.1) is 0 Å². The van der Waals surface area contributed by atoms with Gasteiger partial charge in [0.1, 0.15) is 5.69 Å². The molecule has 0 radical (unpaired) electrons. The molecule has 0 spiro atoms. The summed E-state index contributed by atoms with van der Waals surface area (Å²) in [4.78, 5) is 13.8. The van der Waals surface area contributed by atoms with E-state index in [9.17, 15) is 13.2 Å². The zero-order valence-corrected chi connectivity index (χ0v) is 12.5. The van der Waals surface area contributed by atoms with E-state index in [-0.39, 0.29) is 29.9 Å². The number of para-hydroxylation sites is 1. The van der Waals surface area contributed by atoms with Crippen LogP contribution in [0.4, 0.5) is 0 Å². The van der Waals surface area contributed by atoms with E-state index in [1.54, 1.807) is 13.1 Å². The maximum Gasteiger partial charge on any atom is 0.228 e. The van der Waals surface area contributed by atoms with Gasteiger partial charge >= 0.3 is 0 Å². The molecule has 6 nitrogen and oxygen atoms in total. The van der Waals surface area contributed by atoms with Gasteiger partial charge in [-0.15, -0.1) is 0 Å². The van der Waals surface area contributed by atoms with Gasteiger partial charge in [0.2, 0.25) is 5.91 Å². The van der Waals surface area contributed by atoms with Crippen LogP contribution in [0.25, 0.3) is 11.0 Å². The molecule has 1 aromatic heterocycles. The Hall–Kier alpha value is -1.89. The SMILES string of the molecule is CN(C(=O)Cc1noc2ccccc12)[C@H]1CCS(=O)(=O)C1. The van der Waals surface area contributed by atoms with Gasteiger partial charge in [-0.3, -0.25) is 4.79 Å². The highest BCUT2D eigenvalue weighted by Gasteiger charge is 2.32. The van der Waals surface area contributed by atoms with Crippen molar-refractivity contribution in [1.82, 2.24) is 10.1 Å². The number of hydrogen-bond acceptors (Lipinski definition) is 5. The molecule has 0 saturated carbocycles. The minimum absolute atomic E-state index is 0.0504. The molecule has 7 heteroatoms. The van der Waals surface area contributed by atoms with Crippen molar-refractivity contribution in [2.45, 2.75) is 18.9 Å². The van der Waals surface area contributed by atoms with Crippen molar-refractivity contribution >= 4 is 26.7 Å². The molecule has 1 atom stereocenters. The van der Waals surface area contributed by atoms with Gasteiger partial charge in [-0.05, 0) is 18.6 Å². The van der Waals surface area contributed by atoms with Gasteiger partial charge in [0.15, 0.2) is 15.4 Å². The monoisotopic (exact) mass is 308 g/mol. The second kappa shape index (κ2) is 5.14. The van der Waals surface area contributed by atoms with Gasteiger partial charge < -0.3 is 9.42 Å². The normalized spacial score (nSPS) is 20.7. The van der Waals surface area contributed by atoms with Crippen LogP contribution in [0.5, 0.6) is 0 Å². The Bertz CT molecular complexity index is 781. The molecule has 0 bridgehead atoms. The molecule has 1 amide bonds. The molecule has 1 aromatic carbocycles. The highest BCUT2D eigenvalue weighted by atomic mass is 32.2. The maximum absolute atomic E-state index is 12.3. The van der Waals surface area contributed by atoms with E-state index >= 15 is 0 Å². The predicted molar refractivity (Wildman–Crippen MR) is 77.5 cm³/mol. The van der Waals surface area contributed by atoms with Gasteiger partial charge in [0.05, 0.1) is 17.9 Å². The average molecular weight is 308 g/mol. The molecule has 0 aliphatic carbocycles. The van der Waals surface area contributed by atoms with Crippen LogP contribution in [0.3, 0.4) is 0 Å². The summed E-state index contributed by atoms with van der Waals surface area (Å²) < 4.78 is 28.2. The van der Waals surface area contributed by atoms with Crippen LogP contribution < -0.4 is 0 Å². The lowest BCUT2D eigenvalue weighted by Gasteiger charge is -2.22. The van der Waals surface area contributed by atoms with Crippen molar-refractivity contribution in [2.24, 2.45) is 0 Å². The topological polar surface area (TPSA) is 80.5 Å². The number of carbonyl (C=O) groups excluding carboxylic acids is 1. The Morgan fingerprint density at radius 2 is 2.19 bits per heavy atom. The molecule has 1 fully saturated rings. The summed E-state index contributed by atoms with van der Waals surface area (Å²) in [7, 11) is -1.35. The fourth-order valence-corrected chi connectivity index (χ4v) is 4.39. The van der Waals surface area contributed by atoms with Crippen molar-refractivity contribution in [3.8, 4) is 0 Å². The first kappa shape index (κ1) is 14.1. The number of hydrogen-bond donors (Lipinski definition) is 0. The van der Waals surface area contributed by atoms with Crippen LogP contribution in [0.15, 0.2) is 28.8 Å². The molecule has 0 N–H and O–H groups in total. The number of nitrogens with zero attached hydrogens (tertiary/aromatic N) is 2. The van der Waals surface area contributed by atoms with Crippen LogP contribution >= 0.6 is 0 Å². The van der Waals surface area contributed by atoms with Crippen molar-refractivity contribution in [3.05, 3.63) is 30.0 Å². The number of rotatable bonds is 3. The smallest absolute Gasteiger partial charge is 0.228 e. The summed E-state index contributed by atoms with van der Waals surface area (Å²) in [5.74, 6) is 0.0629. The molecular formula is C14H16N2O4S. The fraction of sp³-hybridized carbons (Fsp3) is 0.429. The first-order valence-corrected chi connectivity index (χ1v) is 8.58. The number of amides is 1.